The highest BCUT2D eigenvalue weighted by atomic mass is 16.5. The van der Waals surface area contributed by atoms with Crippen molar-refractivity contribution in [1.29, 1.82) is 0 Å². The number of ether oxygens (including phenoxy) is 1. The fraction of sp³-hybridized carbons (Fsp3) is 0.450. The van der Waals surface area contributed by atoms with Crippen LogP contribution in [-0.2, 0) is 0 Å². The van der Waals surface area contributed by atoms with Crippen molar-refractivity contribution < 1.29 is 9.53 Å². The van der Waals surface area contributed by atoms with E-state index >= 15 is 0 Å². The molecular formula is C20H27N3O2. The molecule has 1 aromatic carbocycles. The zero-order valence-electron chi connectivity index (χ0n) is 15.4. The zero-order chi connectivity index (χ0) is 18.0. The Hall–Kier alpha value is -2.27. The van der Waals surface area contributed by atoms with Gasteiger partial charge in [-0.2, -0.15) is 0 Å². The lowest BCUT2D eigenvalue weighted by Crippen LogP contribution is -2.48. The molecule has 5 heteroatoms. The van der Waals surface area contributed by atoms with E-state index in [-0.39, 0.29) is 11.9 Å². The number of nitrogens with one attached hydrogen (secondary N) is 2. The van der Waals surface area contributed by atoms with Gasteiger partial charge in [0.2, 0.25) is 0 Å². The van der Waals surface area contributed by atoms with Crippen molar-refractivity contribution in [3.8, 4) is 11.4 Å². The first-order chi connectivity index (χ1) is 12.0. The molecule has 0 saturated carbocycles. The predicted octanol–water partition coefficient (Wildman–Crippen LogP) is 2.83. The van der Waals surface area contributed by atoms with Gasteiger partial charge in [-0.3, -0.25) is 4.79 Å². The monoisotopic (exact) mass is 341 g/mol. The fourth-order valence-electron chi connectivity index (χ4n) is 3.60. The largest absolute Gasteiger partial charge is 0.497 e. The summed E-state index contributed by atoms with van der Waals surface area (Å²) in [7, 11) is 1.66. The number of hydrogen-bond donors (Lipinski definition) is 2. The van der Waals surface area contributed by atoms with E-state index in [2.05, 4.69) is 22.1 Å². The van der Waals surface area contributed by atoms with Crippen LogP contribution in [0.25, 0.3) is 5.69 Å². The van der Waals surface area contributed by atoms with Crippen molar-refractivity contribution in [2.24, 2.45) is 5.92 Å². The lowest BCUT2D eigenvalue weighted by atomic mass is 9.95. The van der Waals surface area contributed by atoms with Crippen LogP contribution in [0.5, 0.6) is 5.75 Å². The topological polar surface area (TPSA) is 55.3 Å². The Kier molecular flexibility index (Phi) is 5.13. The van der Waals surface area contributed by atoms with Crippen LogP contribution in [-0.4, -0.2) is 36.7 Å². The number of aryl methyl sites for hydroxylation is 1. The van der Waals surface area contributed by atoms with Crippen molar-refractivity contribution in [3.63, 3.8) is 0 Å². The smallest absolute Gasteiger partial charge is 0.253 e. The molecule has 25 heavy (non-hydrogen) atoms. The summed E-state index contributed by atoms with van der Waals surface area (Å²) in [5, 5.41) is 6.59. The van der Waals surface area contributed by atoms with E-state index in [4.69, 9.17) is 4.74 Å². The lowest BCUT2D eigenvalue weighted by molar-refractivity contribution is 0.0913. The second-order valence-corrected chi connectivity index (χ2v) is 6.87. The van der Waals surface area contributed by atoms with Gasteiger partial charge in [-0.1, -0.05) is 6.92 Å². The highest BCUT2D eigenvalue weighted by molar-refractivity contribution is 5.96. The Balaban J connectivity index is 1.84. The van der Waals surface area contributed by atoms with Gasteiger partial charge in [-0.15, -0.1) is 0 Å². The summed E-state index contributed by atoms with van der Waals surface area (Å²) in [4.78, 5) is 12.8. The third-order valence-electron chi connectivity index (χ3n) is 5.11. The molecule has 1 aromatic heterocycles. The summed E-state index contributed by atoms with van der Waals surface area (Å²) in [6.07, 6.45) is 0.976. The SMILES string of the molecule is COc1ccc(-n2c(C)cc(C(=O)NC3CCNCC3C)c2C)cc1. The summed E-state index contributed by atoms with van der Waals surface area (Å²) < 4.78 is 7.34. The van der Waals surface area contributed by atoms with E-state index in [1.165, 1.54) is 0 Å². The molecule has 0 radical (unpaired) electrons. The number of carbonyl (C=O) groups is 1. The second-order valence-electron chi connectivity index (χ2n) is 6.87. The number of aromatic nitrogens is 1. The van der Waals surface area contributed by atoms with Crippen LogP contribution in [0.15, 0.2) is 30.3 Å². The maximum absolute atomic E-state index is 12.8. The van der Waals surface area contributed by atoms with Crippen LogP contribution >= 0.6 is 0 Å². The molecule has 2 unspecified atom stereocenters. The average molecular weight is 341 g/mol. The Labute approximate surface area is 149 Å². The maximum Gasteiger partial charge on any atom is 0.253 e. The number of carbonyl (C=O) groups excluding carboxylic acids is 1. The molecule has 2 aromatic rings. The van der Waals surface area contributed by atoms with Gasteiger partial charge >= 0.3 is 0 Å². The minimum Gasteiger partial charge on any atom is -0.497 e. The summed E-state index contributed by atoms with van der Waals surface area (Å²) >= 11 is 0. The van der Waals surface area contributed by atoms with Gasteiger partial charge in [0.25, 0.3) is 5.91 Å². The molecule has 5 nitrogen and oxygen atoms in total. The van der Waals surface area contributed by atoms with Gasteiger partial charge in [0.05, 0.1) is 12.7 Å². The molecule has 134 valence electrons. The Morgan fingerprint density at radius 3 is 2.64 bits per heavy atom. The molecule has 2 heterocycles. The fourth-order valence-corrected chi connectivity index (χ4v) is 3.60. The minimum absolute atomic E-state index is 0.0200. The molecular weight excluding hydrogens is 314 g/mol. The molecule has 2 N–H and O–H groups in total. The highest BCUT2D eigenvalue weighted by Gasteiger charge is 2.25. The first-order valence-corrected chi connectivity index (χ1v) is 8.86. The summed E-state index contributed by atoms with van der Waals surface area (Å²) in [6, 6.07) is 10.1. The van der Waals surface area contributed by atoms with Crippen molar-refractivity contribution in [1.82, 2.24) is 15.2 Å². The Morgan fingerprint density at radius 1 is 1.28 bits per heavy atom. The van der Waals surface area contributed by atoms with Crippen molar-refractivity contribution in [2.45, 2.75) is 33.2 Å². The van der Waals surface area contributed by atoms with Crippen LogP contribution in [0.2, 0.25) is 0 Å². The van der Waals surface area contributed by atoms with Gasteiger partial charge in [-0.25, -0.2) is 0 Å². The summed E-state index contributed by atoms with van der Waals surface area (Å²) in [5.74, 6) is 1.29. The van der Waals surface area contributed by atoms with E-state index in [0.717, 1.165) is 47.9 Å². The number of nitrogens with zero attached hydrogens (tertiary/aromatic N) is 1. The molecule has 1 aliphatic heterocycles. The normalized spacial score (nSPS) is 20.3. The standard InChI is InChI=1S/C20H27N3O2/c1-13-12-21-10-9-19(13)22-20(24)18-11-14(2)23(15(18)3)16-5-7-17(25-4)8-6-16/h5-8,11,13,19,21H,9-10,12H2,1-4H3,(H,22,24). The number of amides is 1. The molecule has 1 aliphatic rings. The first kappa shape index (κ1) is 17.5. The Bertz CT molecular complexity index is 749. The van der Waals surface area contributed by atoms with Gasteiger partial charge < -0.3 is 19.9 Å². The summed E-state index contributed by atoms with van der Waals surface area (Å²) in [5.41, 5.74) is 3.79. The van der Waals surface area contributed by atoms with Crippen LogP contribution in [0.3, 0.4) is 0 Å². The number of rotatable bonds is 4. The maximum atomic E-state index is 12.8. The zero-order valence-corrected chi connectivity index (χ0v) is 15.4. The van der Waals surface area contributed by atoms with Crippen molar-refractivity contribution >= 4 is 5.91 Å². The molecule has 1 amide bonds. The third-order valence-corrected chi connectivity index (χ3v) is 5.11. The quantitative estimate of drug-likeness (QED) is 0.899. The molecule has 0 aliphatic carbocycles. The third kappa shape index (κ3) is 3.56. The number of methoxy groups -OCH3 is 1. The van der Waals surface area contributed by atoms with Crippen LogP contribution in [0.4, 0.5) is 0 Å². The van der Waals surface area contributed by atoms with Crippen LogP contribution in [0, 0.1) is 19.8 Å². The van der Waals surface area contributed by atoms with Crippen molar-refractivity contribution in [3.05, 3.63) is 47.3 Å². The number of benzene rings is 1. The van der Waals surface area contributed by atoms with Gasteiger partial charge in [-0.05, 0) is 69.6 Å². The van der Waals surface area contributed by atoms with Crippen molar-refractivity contribution in [2.75, 3.05) is 20.2 Å². The lowest BCUT2D eigenvalue weighted by Gasteiger charge is -2.30. The van der Waals surface area contributed by atoms with Gasteiger partial charge in [0, 0.05) is 23.1 Å². The van der Waals surface area contributed by atoms with E-state index in [1.54, 1.807) is 7.11 Å². The molecule has 3 rings (SSSR count). The van der Waals surface area contributed by atoms with E-state index in [1.807, 2.05) is 44.2 Å². The van der Waals surface area contributed by atoms with Crippen LogP contribution < -0.4 is 15.4 Å². The highest BCUT2D eigenvalue weighted by Crippen LogP contribution is 2.23. The second kappa shape index (κ2) is 7.31. The minimum atomic E-state index is 0.0200. The van der Waals surface area contributed by atoms with E-state index in [9.17, 15) is 4.79 Å². The molecule has 1 saturated heterocycles. The van der Waals surface area contributed by atoms with Crippen LogP contribution in [0.1, 0.15) is 35.1 Å². The van der Waals surface area contributed by atoms with Gasteiger partial charge in [0.15, 0.2) is 0 Å². The predicted molar refractivity (Wildman–Crippen MR) is 99.7 cm³/mol. The Morgan fingerprint density at radius 2 is 2.00 bits per heavy atom. The number of piperidine rings is 1. The molecule has 0 bridgehead atoms. The average Bonchev–Trinajstić information content (AvgIpc) is 2.91. The summed E-state index contributed by atoms with van der Waals surface area (Å²) in [6.45, 7) is 8.12. The molecule has 1 fully saturated rings. The van der Waals surface area contributed by atoms with E-state index in [0.29, 0.717) is 5.92 Å². The first-order valence-electron chi connectivity index (χ1n) is 8.86. The number of hydrogen-bond acceptors (Lipinski definition) is 3. The molecule has 0 spiro atoms. The van der Waals surface area contributed by atoms with Gasteiger partial charge in [0.1, 0.15) is 5.75 Å². The molecule has 2 atom stereocenters. The van der Waals surface area contributed by atoms with E-state index < -0.39 is 0 Å².